The lowest BCUT2D eigenvalue weighted by Crippen LogP contribution is -2.44. The van der Waals surface area contributed by atoms with E-state index in [1.54, 1.807) is 37.3 Å². The number of carbonyl (C=O) groups excluding carboxylic acids is 3. The van der Waals surface area contributed by atoms with Crippen molar-refractivity contribution in [3.63, 3.8) is 0 Å². The summed E-state index contributed by atoms with van der Waals surface area (Å²) in [5.41, 5.74) is 1.03. The molecule has 1 heterocycles. The Morgan fingerprint density at radius 1 is 0.792 bits per heavy atom. The highest BCUT2D eigenvalue weighted by Crippen LogP contribution is 2.30. The molecule has 48 heavy (non-hydrogen) atoms. The molecule has 0 fully saturated rings. The van der Waals surface area contributed by atoms with Gasteiger partial charge in [-0.25, -0.2) is 14.8 Å². The molecule has 4 aromatic rings. The van der Waals surface area contributed by atoms with Crippen molar-refractivity contribution in [2.24, 2.45) is 5.92 Å². The van der Waals surface area contributed by atoms with Crippen LogP contribution in [0.5, 0.6) is 0 Å². The molecule has 1 unspecified atom stereocenters. The lowest BCUT2D eigenvalue weighted by Gasteiger charge is -2.18. The van der Waals surface area contributed by atoms with Gasteiger partial charge in [-0.2, -0.15) is 13.2 Å². The monoisotopic (exact) mass is 663 g/mol. The van der Waals surface area contributed by atoms with Crippen molar-refractivity contribution in [2.45, 2.75) is 39.4 Å². The molecule has 4 rings (SSSR count). The average molecular weight is 664 g/mol. The number of amides is 4. The second-order valence-electron chi connectivity index (χ2n) is 11.1. The molecular formula is C33H32F3N7O5. The lowest BCUT2D eigenvalue weighted by molar-refractivity contribution is -0.137. The average Bonchev–Trinajstić information content (AvgIpc) is 3.02. The molecule has 0 aliphatic carbocycles. The van der Waals surface area contributed by atoms with E-state index < -0.39 is 41.6 Å². The number of benzene rings is 3. The van der Waals surface area contributed by atoms with E-state index in [-0.39, 0.29) is 34.4 Å². The third-order valence-electron chi connectivity index (χ3n) is 6.81. The fourth-order valence-electron chi connectivity index (χ4n) is 4.53. The van der Waals surface area contributed by atoms with E-state index in [1.165, 1.54) is 30.6 Å². The molecule has 6 N–H and O–H groups in total. The Labute approximate surface area is 273 Å². The predicted octanol–water partition coefficient (Wildman–Crippen LogP) is 6.67. The second-order valence-corrected chi connectivity index (χ2v) is 11.1. The number of hydrogen-bond acceptors (Lipinski definition) is 7. The zero-order valence-electron chi connectivity index (χ0n) is 26.0. The zero-order valence-corrected chi connectivity index (χ0v) is 26.0. The van der Waals surface area contributed by atoms with Gasteiger partial charge in [-0.3, -0.25) is 14.4 Å². The molecule has 0 spiro atoms. The Balaban J connectivity index is 1.38. The van der Waals surface area contributed by atoms with Gasteiger partial charge in [0.15, 0.2) is 0 Å². The number of nitrogens with zero attached hydrogens (tertiary/aromatic N) is 2. The fourth-order valence-corrected chi connectivity index (χ4v) is 4.53. The standard InChI is InChI=1S/C33H32F3N7O5/c1-18(2)12-27(43-32(47)48)30(46)40-22-8-5-9-23(14-22)42-31-37-16-25(17-38-31)41-29(45)26-15-24(11-10-19(26)3)39-28(44)20-6-4-7-21(13-20)33(34,35)36/h4-11,13-18,27,43H,12H2,1-3H3,(H,39,44)(H,40,46)(H,41,45)(H,47,48)(H,37,38,42). The Morgan fingerprint density at radius 3 is 2.10 bits per heavy atom. The summed E-state index contributed by atoms with van der Waals surface area (Å²) in [7, 11) is 0. The maximum Gasteiger partial charge on any atom is 0.416 e. The lowest BCUT2D eigenvalue weighted by atomic mass is 10.0. The summed E-state index contributed by atoms with van der Waals surface area (Å²) in [5, 5.41) is 22.2. The van der Waals surface area contributed by atoms with E-state index in [9.17, 15) is 32.3 Å². The number of carbonyl (C=O) groups is 4. The quantitative estimate of drug-likeness (QED) is 0.103. The summed E-state index contributed by atoms with van der Waals surface area (Å²) in [6.07, 6.45) is -2.86. The Kier molecular flexibility index (Phi) is 10.9. The van der Waals surface area contributed by atoms with Crippen LogP contribution in [0.3, 0.4) is 0 Å². The molecule has 15 heteroatoms. The molecule has 3 aromatic carbocycles. The van der Waals surface area contributed by atoms with Gasteiger partial charge in [0.05, 0.1) is 23.6 Å². The number of halogens is 3. The van der Waals surface area contributed by atoms with Gasteiger partial charge in [-0.15, -0.1) is 0 Å². The largest absolute Gasteiger partial charge is 0.465 e. The zero-order chi connectivity index (χ0) is 35.0. The highest BCUT2D eigenvalue weighted by atomic mass is 19.4. The molecule has 250 valence electrons. The van der Waals surface area contributed by atoms with E-state index in [2.05, 4.69) is 36.6 Å². The number of alkyl halides is 3. The van der Waals surface area contributed by atoms with Crippen molar-refractivity contribution in [1.29, 1.82) is 0 Å². The van der Waals surface area contributed by atoms with Crippen LogP contribution in [0.1, 0.15) is 52.1 Å². The number of aryl methyl sites for hydroxylation is 1. The molecule has 0 radical (unpaired) electrons. The first-order valence-electron chi connectivity index (χ1n) is 14.6. The fraction of sp³-hybridized carbons (Fsp3) is 0.212. The van der Waals surface area contributed by atoms with Gasteiger partial charge in [0.2, 0.25) is 11.9 Å². The van der Waals surface area contributed by atoms with Crippen LogP contribution in [0, 0.1) is 12.8 Å². The van der Waals surface area contributed by atoms with Gasteiger partial charge in [-0.05, 0) is 73.4 Å². The molecule has 0 saturated heterocycles. The van der Waals surface area contributed by atoms with Gasteiger partial charge in [0.25, 0.3) is 11.8 Å². The summed E-state index contributed by atoms with van der Waals surface area (Å²) < 4.78 is 39.2. The van der Waals surface area contributed by atoms with Crippen molar-refractivity contribution in [2.75, 3.05) is 21.3 Å². The highest BCUT2D eigenvalue weighted by Gasteiger charge is 2.31. The van der Waals surface area contributed by atoms with Gasteiger partial charge in [0, 0.05) is 28.2 Å². The number of hydrogen-bond donors (Lipinski definition) is 6. The highest BCUT2D eigenvalue weighted by molar-refractivity contribution is 6.08. The molecule has 0 bridgehead atoms. The predicted molar refractivity (Wildman–Crippen MR) is 173 cm³/mol. The second kappa shape index (κ2) is 15.1. The summed E-state index contributed by atoms with van der Waals surface area (Å²) in [5.74, 6) is -1.56. The van der Waals surface area contributed by atoms with Crippen LogP contribution in [-0.2, 0) is 11.0 Å². The van der Waals surface area contributed by atoms with E-state index in [4.69, 9.17) is 5.11 Å². The van der Waals surface area contributed by atoms with E-state index in [0.717, 1.165) is 18.2 Å². The number of anilines is 5. The van der Waals surface area contributed by atoms with Crippen molar-refractivity contribution in [1.82, 2.24) is 15.3 Å². The normalized spacial score (nSPS) is 11.7. The van der Waals surface area contributed by atoms with Gasteiger partial charge >= 0.3 is 12.3 Å². The van der Waals surface area contributed by atoms with Crippen molar-refractivity contribution < 1.29 is 37.5 Å². The Bertz CT molecular complexity index is 1810. The number of carboxylic acid groups (broad SMARTS) is 1. The van der Waals surface area contributed by atoms with Crippen LogP contribution >= 0.6 is 0 Å². The third-order valence-corrected chi connectivity index (χ3v) is 6.81. The number of rotatable bonds is 11. The third kappa shape index (κ3) is 9.75. The first kappa shape index (κ1) is 34.9. The molecule has 0 saturated carbocycles. The van der Waals surface area contributed by atoms with E-state index in [1.807, 2.05) is 13.8 Å². The molecule has 12 nitrogen and oxygen atoms in total. The van der Waals surface area contributed by atoms with Crippen LogP contribution in [-0.4, -0.2) is 44.9 Å². The summed E-state index contributed by atoms with van der Waals surface area (Å²) in [6, 6.07) is 14.2. The molecule has 0 aliphatic rings. The Hall–Kier alpha value is -5.99. The summed E-state index contributed by atoms with van der Waals surface area (Å²) in [6.45, 7) is 5.43. The summed E-state index contributed by atoms with van der Waals surface area (Å²) in [4.78, 5) is 57.9. The van der Waals surface area contributed by atoms with Crippen LogP contribution in [0.25, 0.3) is 0 Å². The number of aromatic nitrogens is 2. The van der Waals surface area contributed by atoms with Crippen LogP contribution in [0.4, 0.5) is 46.7 Å². The van der Waals surface area contributed by atoms with Gasteiger partial charge in [0.1, 0.15) is 6.04 Å². The maximum absolute atomic E-state index is 13.1. The smallest absolute Gasteiger partial charge is 0.416 e. The van der Waals surface area contributed by atoms with Crippen LogP contribution in [0.15, 0.2) is 79.1 Å². The minimum absolute atomic E-state index is 0.0774. The van der Waals surface area contributed by atoms with Crippen molar-refractivity contribution in [3.8, 4) is 0 Å². The molecule has 1 aromatic heterocycles. The molecular weight excluding hydrogens is 631 g/mol. The maximum atomic E-state index is 13.1. The molecule has 1 atom stereocenters. The van der Waals surface area contributed by atoms with Crippen molar-refractivity contribution in [3.05, 3.63) is 101 Å². The first-order valence-corrected chi connectivity index (χ1v) is 14.6. The minimum atomic E-state index is -4.60. The van der Waals surface area contributed by atoms with Crippen molar-refractivity contribution >= 4 is 52.5 Å². The topological polar surface area (TPSA) is 174 Å². The van der Waals surface area contributed by atoms with Crippen LogP contribution < -0.4 is 26.6 Å². The number of nitrogens with one attached hydrogen (secondary N) is 5. The van der Waals surface area contributed by atoms with Gasteiger partial charge in [-0.1, -0.05) is 32.0 Å². The SMILES string of the molecule is Cc1ccc(NC(=O)c2cccc(C(F)(F)F)c2)cc1C(=O)Nc1cnc(Nc2cccc(NC(=O)C(CC(C)C)NC(=O)O)c2)nc1. The summed E-state index contributed by atoms with van der Waals surface area (Å²) >= 11 is 0. The van der Waals surface area contributed by atoms with Crippen LogP contribution in [0.2, 0.25) is 0 Å². The van der Waals surface area contributed by atoms with E-state index in [0.29, 0.717) is 23.4 Å². The Morgan fingerprint density at radius 2 is 1.44 bits per heavy atom. The van der Waals surface area contributed by atoms with Gasteiger partial charge < -0.3 is 31.7 Å². The first-order chi connectivity index (χ1) is 22.7. The molecule has 4 amide bonds. The molecule has 0 aliphatic heterocycles. The van der Waals surface area contributed by atoms with E-state index >= 15 is 0 Å². The minimum Gasteiger partial charge on any atom is -0.465 e.